The lowest BCUT2D eigenvalue weighted by Gasteiger charge is -2.30. The van der Waals surface area contributed by atoms with Gasteiger partial charge in [0.25, 0.3) is 5.91 Å². The van der Waals surface area contributed by atoms with Crippen molar-refractivity contribution in [3.8, 4) is 5.82 Å². The zero-order valence-corrected chi connectivity index (χ0v) is 17.5. The number of carbonyl (C=O) groups excluding carboxylic acids is 1. The molecular weight excluding hydrogens is 384 g/mol. The van der Waals surface area contributed by atoms with Crippen molar-refractivity contribution in [2.45, 2.75) is 13.8 Å². The summed E-state index contributed by atoms with van der Waals surface area (Å²) >= 11 is 0. The molecule has 3 aromatic rings. The van der Waals surface area contributed by atoms with Gasteiger partial charge in [0.15, 0.2) is 0 Å². The number of hydrogen-bond donors (Lipinski definition) is 1. The van der Waals surface area contributed by atoms with Crippen molar-refractivity contribution in [2.75, 3.05) is 57.5 Å². The quantitative estimate of drug-likeness (QED) is 0.709. The highest BCUT2D eigenvalue weighted by Crippen LogP contribution is 2.27. The topological polar surface area (TPSA) is 88.5 Å². The van der Waals surface area contributed by atoms with Gasteiger partial charge < -0.3 is 19.3 Å². The number of fused-ring (bicyclic) bond motifs is 1. The van der Waals surface area contributed by atoms with Gasteiger partial charge >= 0.3 is 0 Å². The number of pyridine rings is 1. The molecule has 0 saturated carbocycles. The molecule has 2 aliphatic heterocycles. The first kappa shape index (κ1) is 20.4. The highest BCUT2D eigenvalue weighted by atomic mass is 16.5. The molecule has 5 heterocycles. The SMILES string of the molecule is CC.O=C(c1cc(N2CCOCC2)nc2c1ccn2-c1ccn[nH]1)N1CCOCC1. The smallest absolute Gasteiger partial charge is 0.254 e. The molecule has 1 N–H and O–H groups in total. The Morgan fingerprint density at radius 3 is 2.40 bits per heavy atom. The Morgan fingerprint density at radius 1 is 1.03 bits per heavy atom. The summed E-state index contributed by atoms with van der Waals surface area (Å²) in [6, 6.07) is 5.74. The average molecular weight is 412 g/mol. The van der Waals surface area contributed by atoms with Crippen molar-refractivity contribution in [2.24, 2.45) is 0 Å². The van der Waals surface area contributed by atoms with Gasteiger partial charge in [-0.3, -0.25) is 14.5 Å². The summed E-state index contributed by atoms with van der Waals surface area (Å²) in [5.41, 5.74) is 1.41. The molecule has 0 bridgehead atoms. The summed E-state index contributed by atoms with van der Waals surface area (Å²) in [6.45, 7) is 9.20. The van der Waals surface area contributed by atoms with E-state index in [1.165, 1.54) is 0 Å². The van der Waals surface area contributed by atoms with Crippen LogP contribution in [0.25, 0.3) is 16.9 Å². The molecule has 0 unspecified atom stereocenters. The summed E-state index contributed by atoms with van der Waals surface area (Å²) in [4.78, 5) is 22.2. The van der Waals surface area contributed by atoms with E-state index in [0.717, 1.165) is 35.8 Å². The van der Waals surface area contributed by atoms with E-state index >= 15 is 0 Å². The Labute approximate surface area is 175 Å². The minimum absolute atomic E-state index is 0.0209. The molecule has 2 saturated heterocycles. The first-order chi connectivity index (χ1) is 14.8. The average Bonchev–Trinajstić information content (AvgIpc) is 3.50. The maximum Gasteiger partial charge on any atom is 0.254 e. The largest absolute Gasteiger partial charge is 0.378 e. The first-order valence-electron chi connectivity index (χ1n) is 10.5. The van der Waals surface area contributed by atoms with E-state index in [4.69, 9.17) is 14.5 Å². The molecule has 0 aliphatic carbocycles. The molecule has 2 fully saturated rings. The molecule has 3 aromatic heterocycles. The first-order valence-corrected chi connectivity index (χ1v) is 10.5. The third-order valence-corrected chi connectivity index (χ3v) is 5.25. The fourth-order valence-electron chi connectivity index (χ4n) is 3.74. The second-order valence-electron chi connectivity index (χ2n) is 6.90. The number of carbonyl (C=O) groups is 1. The van der Waals surface area contributed by atoms with Gasteiger partial charge in [0.05, 0.1) is 38.2 Å². The molecule has 0 atom stereocenters. The van der Waals surface area contributed by atoms with Crippen LogP contribution in [-0.4, -0.2) is 83.2 Å². The van der Waals surface area contributed by atoms with Crippen LogP contribution in [0, 0.1) is 0 Å². The number of aromatic nitrogens is 4. The van der Waals surface area contributed by atoms with Crippen molar-refractivity contribution in [3.05, 3.63) is 36.2 Å². The zero-order chi connectivity index (χ0) is 20.9. The minimum atomic E-state index is 0.0209. The molecule has 1 amide bonds. The van der Waals surface area contributed by atoms with E-state index in [1.54, 1.807) is 6.20 Å². The van der Waals surface area contributed by atoms with Gasteiger partial charge in [0.1, 0.15) is 17.3 Å². The van der Waals surface area contributed by atoms with Gasteiger partial charge in [0.2, 0.25) is 0 Å². The maximum absolute atomic E-state index is 13.3. The lowest BCUT2D eigenvalue weighted by molar-refractivity contribution is 0.0304. The standard InChI is InChI=1S/C19H22N6O3.C2H6/c26-19(24-7-11-28-12-8-24)15-13-17(23-5-9-27-10-6-23)21-18-14(15)2-4-25(18)16-1-3-20-22-16;1-2/h1-4,13H,5-12H2,(H,20,22);1-2H3. The molecule has 0 radical (unpaired) electrons. The van der Waals surface area contributed by atoms with Gasteiger partial charge in [-0.25, -0.2) is 4.98 Å². The van der Waals surface area contributed by atoms with Crippen LogP contribution in [0.4, 0.5) is 5.82 Å². The lowest BCUT2D eigenvalue weighted by atomic mass is 10.1. The van der Waals surface area contributed by atoms with Gasteiger partial charge in [-0.15, -0.1) is 0 Å². The van der Waals surface area contributed by atoms with Gasteiger partial charge in [0, 0.05) is 43.8 Å². The number of anilines is 1. The number of rotatable bonds is 3. The molecule has 9 heteroatoms. The zero-order valence-electron chi connectivity index (χ0n) is 17.5. The number of H-pyrrole nitrogens is 1. The highest BCUT2D eigenvalue weighted by Gasteiger charge is 2.25. The monoisotopic (exact) mass is 412 g/mol. The molecule has 5 rings (SSSR count). The summed E-state index contributed by atoms with van der Waals surface area (Å²) in [5, 5.41) is 7.85. The van der Waals surface area contributed by atoms with E-state index in [0.29, 0.717) is 45.1 Å². The van der Waals surface area contributed by atoms with Crippen molar-refractivity contribution in [1.82, 2.24) is 24.6 Å². The Morgan fingerprint density at radius 2 is 1.73 bits per heavy atom. The maximum atomic E-state index is 13.3. The lowest BCUT2D eigenvalue weighted by Crippen LogP contribution is -2.41. The highest BCUT2D eigenvalue weighted by molar-refractivity contribution is 6.07. The Kier molecular flexibility index (Phi) is 6.29. The summed E-state index contributed by atoms with van der Waals surface area (Å²) in [7, 11) is 0. The normalized spacial score (nSPS) is 17.0. The predicted octanol–water partition coefficient (Wildman–Crippen LogP) is 2.08. The second-order valence-corrected chi connectivity index (χ2v) is 6.90. The van der Waals surface area contributed by atoms with Crippen LogP contribution < -0.4 is 4.90 Å². The summed E-state index contributed by atoms with van der Waals surface area (Å²) in [6.07, 6.45) is 3.62. The molecule has 2 aliphatic rings. The molecular formula is C21H28N6O3. The predicted molar refractivity (Wildman–Crippen MR) is 114 cm³/mol. The fraction of sp³-hybridized carbons (Fsp3) is 0.476. The van der Waals surface area contributed by atoms with E-state index in [2.05, 4.69) is 15.1 Å². The van der Waals surface area contributed by atoms with Crippen molar-refractivity contribution in [3.63, 3.8) is 0 Å². The van der Waals surface area contributed by atoms with Crippen LogP contribution in [-0.2, 0) is 9.47 Å². The number of morpholine rings is 2. The van der Waals surface area contributed by atoms with Crippen LogP contribution in [0.2, 0.25) is 0 Å². The summed E-state index contributed by atoms with van der Waals surface area (Å²) in [5.74, 6) is 1.63. The van der Waals surface area contributed by atoms with Gasteiger partial charge in [-0.05, 0) is 12.1 Å². The van der Waals surface area contributed by atoms with E-state index in [9.17, 15) is 4.79 Å². The number of hydrogen-bond acceptors (Lipinski definition) is 6. The molecule has 0 spiro atoms. The van der Waals surface area contributed by atoms with E-state index in [1.807, 2.05) is 47.7 Å². The molecule has 0 aromatic carbocycles. The van der Waals surface area contributed by atoms with Gasteiger partial charge in [-0.1, -0.05) is 13.8 Å². The van der Waals surface area contributed by atoms with Crippen LogP contribution in [0.15, 0.2) is 30.6 Å². The van der Waals surface area contributed by atoms with Crippen LogP contribution in [0.5, 0.6) is 0 Å². The number of nitrogens with zero attached hydrogens (tertiary/aromatic N) is 5. The molecule has 9 nitrogen and oxygen atoms in total. The van der Waals surface area contributed by atoms with Crippen LogP contribution >= 0.6 is 0 Å². The number of ether oxygens (including phenoxy) is 2. The van der Waals surface area contributed by atoms with Crippen LogP contribution in [0.1, 0.15) is 24.2 Å². The van der Waals surface area contributed by atoms with Crippen molar-refractivity contribution >= 4 is 22.8 Å². The third kappa shape index (κ3) is 3.90. The van der Waals surface area contributed by atoms with E-state index in [-0.39, 0.29) is 5.91 Å². The van der Waals surface area contributed by atoms with Crippen LogP contribution in [0.3, 0.4) is 0 Å². The Hall–Kier alpha value is -2.91. The number of aromatic amines is 1. The second kappa shape index (κ2) is 9.27. The van der Waals surface area contributed by atoms with Crippen molar-refractivity contribution < 1.29 is 14.3 Å². The van der Waals surface area contributed by atoms with Crippen molar-refractivity contribution in [1.29, 1.82) is 0 Å². The minimum Gasteiger partial charge on any atom is -0.378 e. The Bertz CT molecular complexity index is 972. The third-order valence-electron chi connectivity index (χ3n) is 5.25. The summed E-state index contributed by atoms with van der Waals surface area (Å²) < 4.78 is 12.8. The van der Waals surface area contributed by atoms with Gasteiger partial charge in [-0.2, -0.15) is 5.10 Å². The Balaban J connectivity index is 0.00000106. The number of amides is 1. The molecule has 30 heavy (non-hydrogen) atoms. The fourth-order valence-corrected chi connectivity index (χ4v) is 3.74. The van der Waals surface area contributed by atoms with E-state index < -0.39 is 0 Å². The molecule has 160 valence electrons. The number of nitrogens with one attached hydrogen (secondary N) is 1.